The number of nitriles is 1. The zero-order valence-corrected chi connectivity index (χ0v) is 10.4. The Hall–Kier alpha value is -2.02. The Balaban J connectivity index is 1.83. The summed E-state index contributed by atoms with van der Waals surface area (Å²) in [6.45, 7) is 2.09. The first kappa shape index (κ1) is 12.4. The highest BCUT2D eigenvalue weighted by molar-refractivity contribution is 5.80. The smallest absolute Gasteiger partial charge is 0.241 e. The van der Waals surface area contributed by atoms with Gasteiger partial charge in [-0.2, -0.15) is 5.26 Å². The van der Waals surface area contributed by atoms with Crippen LogP contribution in [-0.2, 0) is 4.79 Å². The summed E-state index contributed by atoms with van der Waals surface area (Å²) in [5.41, 5.74) is 1.50. The first-order valence-electron chi connectivity index (χ1n) is 6.31. The van der Waals surface area contributed by atoms with Crippen LogP contribution in [0.2, 0.25) is 0 Å². The molecular formula is C14H17N3O. The minimum atomic E-state index is 0.152. The van der Waals surface area contributed by atoms with Crippen LogP contribution >= 0.6 is 0 Å². The van der Waals surface area contributed by atoms with Crippen molar-refractivity contribution < 1.29 is 4.79 Å². The SMILES string of the molecule is N#Cc1ccc(NCC(=O)N2CCCCC2)cc1. The highest BCUT2D eigenvalue weighted by Crippen LogP contribution is 2.11. The molecule has 0 bridgehead atoms. The van der Waals surface area contributed by atoms with Gasteiger partial charge in [0, 0.05) is 18.8 Å². The lowest BCUT2D eigenvalue weighted by atomic mass is 10.1. The molecule has 18 heavy (non-hydrogen) atoms. The number of hydrogen-bond acceptors (Lipinski definition) is 3. The molecule has 1 aliphatic heterocycles. The largest absolute Gasteiger partial charge is 0.376 e. The van der Waals surface area contributed by atoms with E-state index in [2.05, 4.69) is 11.4 Å². The van der Waals surface area contributed by atoms with E-state index in [1.807, 2.05) is 17.0 Å². The third-order valence-corrected chi connectivity index (χ3v) is 3.17. The first-order chi connectivity index (χ1) is 8.79. The lowest BCUT2D eigenvalue weighted by molar-refractivity contribution is -0.130. The van der Waals surface area contributed by atoms with Gasteiger partial charge in [-0.25, -0.2) is 0 Å². The highest BCUT2D eigenvalue weighted by Gasteiger charge is 2.15. The van der Waals surface area contributed by atoms with Crippen molar-refractivity contribution in [2.24, 2.45) is 0 Å². The molecule has 1 aromatic rings. The van der Waals surface area contributed by atoms with Crippen molar-refractivity contribution in [3.05, 3.63) is 29.8 Å². The Labute approximate surface area is 107 Å². The van der Waals surface area contributed by atoms with Gasteiger partial charge in [0.25, 0.3) is 0 Å². The molecule has 1 aromatic carbocycles. The van der Waals surface area contributed by atoms with Crippen LogP contribution in [0.4, 0.5) is 5.69 Å². The van der Waals surface area contributed by atoms with Gasteiger partial charge in [0.05, 0.1) is 18.2 Å². The molecule has 1 saturated heterocycles. The predicted molar refractivity (Wildman–Crippen MR) is 70.1 cm³/mol. The van der Waals surface area contributed by atoms with Gasteiger partial charge >= 0.3 is 0 Å². The van der Waals surface area contributed by atoms with E-state index in [1.165, 1.54) is 6.42 Å². The number of amides is 1. The number of rotatable bonds is 3. The first-order valence-corrected chi connectivity index (χ1v) is 6.31. The number of nitrogens with one attached hydrogen (secondary N) is 1. The van der Waals surface area contributed by atoms with Gasteiger partial charge in [-0.3, -0.25) is 4.79 Å². The number of nitrogens with zero attached hydrogens (tertiary/aromatic N) is 2. The van der Waals surface area contributed by atoms with Gasteiger partial charge in [-0.1, -0.05) is 0 Å². The van der Waals surface area contributed by atoms with Crippen LogP contribution in [0.1, 0.15) is 24.8 Å². The third-order valence-electron chi connectivity index (χ3n) is 3.17. The predicted octanol–water partition coefficient (Wildman–Crippen LogP) is 1.98. The van der Waals surface area contributed by atoms with E-state index < -0.39 is 0 Å². The van der Waals surface area contributed by atoms with Gasteiger partial charge < -0.3 is 10.2 Å². The van der Waals surface area contributed by atoms with Crippen LogP contribution in [0, 0.1) is 11.3 Å². The fourth-order valence-electron chi connectivity index (χ4n) is 2.10. The number of benzene rings is 1. The number of carbonyl (C=O) groups excluding carboxylic acids is 1. The summed E-state index contributed by atoms with van der Waals surface area (Å²) < 4.78 is 0. The molecule has 2 rings (SSSR count). The number of hydrogen-bond donors (Lipinski definition) is 1. The number of carbonyl (C=O) groups is 1. The van der Waals surface area contributed by atoms with Crippen LogP contribution in [-0.4, -0.2) is 30.4 Å². The van der Waals surface area contributed by atoms with E-state index in [0.717, 1.165) is 31.6 Å². The van der Waals surface area contributed by atoms with Crippen molar-refractivity contribution in [2.45, 2.75) is 19.3 Å². The maximum absolute atomic E-state index is 11.9. The standard InChI is InChI=1S/C14H17N3O/c15-10-12-4-6-13(7-5-12)16-11-14(18)17-8-2-1-3-9-17/h4-7,16H,1-3,8-9,11H2. The van der Waals surface area contributed by atoms with E-state index in [1.54, 1.807) is 12.1 Å². The molecule has 4 nitrogen and oxygen atoms in total. The van der Waals surface area contributed by atoms with Crippen molar-refractivity contribution in [3.63, 3.8) is 0 Å². The molecule has 1 aliphatic rings. The Kier molecular flexibility index (Phi) is 4.19. The maximum atomic E-state index is 11.9. The molecular weight excluding hydrogens is 226 g/mol. The van der Waals surface area contributed by atoms with E-state index in [-0.39, 0.29) is 5.91 Å². The second-order valence-electron chi connectivity index (χ2n) is 4.48. The number of likely N-dealkylation sites (tertiary alicyclic amines) is 1. The van der Waals surface area contributed by atoms with Gasteiger partial charge in [-0.05, 0) is 43.5 Å². The maximum Gasteiger partial charge on any atom is 0.241 e. The monoisotopic (exact) mass is 243 g/mol. The Morgan fingerprint density at radius 2 is 1.89 bits per heavy atom. The minimum absolute atomic E-state index is 0.152. The Morgan fingerprint density at radius 1 is 1.22 bits per heavy atom. The molecule has 0 aromatic heterocycles. The molecule has 1 fully saturated rings. The van der Waals surface area contributed by atoms with Crippen LogP contribution in [0.3, 0.4) is 0 Å². The molecule has 0 saturated carbocycles. The molecule has 1 N–H and O–H groups in total. The Morgan fingerprint density at radius 3 is 2.50 bits per heavy atom. The summed E-state index contributed by atoms with van der Waals surface area (Å²) in [5.74, 6) is 0.152. The van der Waals surface area contributed by atoms with Crippen molar-refractivity contribution >= 4 is 11.6 Å². The van der Waals surface area contributed by atoms with Gasteiger partial charge in [0.15, 0.2) is 0 Å². The zero-order valence-electron chi connectivity index (χ0n) is 10.4. The molecule has 0 aliphatic carbocycles. The average Bonchev–Trinajstić information content (AvgIpc) is 2.46. The zero-order chi connectivity index (χ0) is 12.8. The number of piperidine rings is 1. The lowest BCUT2D eigenvalue weighted by Gasteiger charge is -2.26. The lowest BCUT2D eigenvalue weighted by Crippen LogP contribution is -2.39. The molecule has 94 valence electrons. The van der Waals surface area contributed by atoms with E-state index in [0.29, 0.717) is 12.1 Å². The summed E-state index contributed by atoms with van der Waals surface area (Å²) in [7, 11) is 0. The van der Waals surface area contributed by atoms with Crippen LogP contribution in [0.25, 0.3) is 0 Å². The van der Waals surface area contributed by atoms with E-state index >= 15 is 0 Å². The van der Waals surface area contributed by atoms with Crippen LogP contribution in [0.15, 0.2) is 24.3 Å². The van der Waals surface area contributed by atoms with Crippen molar-refractivity contribution in [3.8, 4) is 6.07 Å². The van der Waals surface area contributed by atoms with Crippen molar-refractivity contribution in [1.82, 2.24) is 4.90 Å². The van der Waals surface area contributed by atoms with Gasteiger partial charge in [0.2, 0.25) is 5.91 Å². The molecule has 0 radical (unpaired) electrons. The summed E-state index contributed by atoms with van der Waals surface area (Å²) in [6.07, 6.45) is 3.46. The summed E-state index contributed by atoms with van der Waals surface area (Å²) in [6, 6.07) is 9.20. The fraction of sp³-hybridized carbons (Fsp3) is 0.429. The van der Waals surface area contributed by atoms with Crippen LogP contribution < -0.4 is 5.32 Å². The second-order valence-corrected chi connectivity index (χ2v) is 4.48. The molecule has 0 atom stereocenters. The highest BCUT2D eigenvalue weighted by atomic mass is 16.2. The molecule has 1 heterocycles. The van der Waals surface area contributed by atoms with Crippen LogP contribution in [0.5, 0.6) is 0 Å². The normalized spacial score (nSPS) is 14.9. The minimum Gasteiger partial charge on any atom is -0.376 e. The number of anilines is 1. The summed E-state index contributed by atoms with van der Waals surface area (Å²) >= 11 is 0. The molecule has 4 heteroatoms. The topological polar surface area (TPSA) is 56.1 Å². The van der Waals surface area contributed by atoms with Crippen molar-refractivity contribution in [1.29, 1.82) is 5.26 Å². The molecule has 1 amide bonds. The Bertz CT molecular complexity index is 441. The summed E-state index contributed by atoms with van der Waals surface area (Å²) in [5, 5.41) is 11.8. The second kappa shape index (κ2) is 6.06. The fourth-order valence-corrected chi connectivity index (χ4v) is 2.10. The van der Waals surface area contributed by atoms with Crippen molar-refractivity contribution in [2.75, 3.05) is 25.0 Å². The molecule has 0 spiro atoms. The average molecular weight is 243 g/mol. The summed E-state index contributed by atoms with van der Waals surface area (Å²) in [4.78, 5) is 13.8. The third kappa shape index (κ3) is 3.24. The molecule has 0 unspecified atom stereocenters. The quantitative estimate of drug-likeness (QED) is 0.883. The van der Waals surface area contributed by atoms with Gasteiger partial charge in [0.1, 0.15) is 0 Å². The van der Waals surface area contributed by atoms with E-state index in [9.17, 15) is 4.79 Å². The van der Waals surface area contributed by atoms with Gasteiger partial charge in [-0.15, -0.1) is 0 Å². The van der Waals surface area contributed by atoms with E-state index in [4.69, 9.17) is 5.26 Å².